The SMILES string of the molecule is CCC1CCCCN1c1ncnc(NNC(=O)c2cccc3ccccc23)c1[N+](=O)[O-]. The van der Waals surface area contributed by atoms with E-state index < -0.39 is 10.8 Å². The summed E-state index contributed by atoms with van der Waals surface area (Å²) in [5.74, 6) is -0.159. The van der Waals surface area contributed by atoms with Gasteiger partial charge in [-0.1, -0.05) is 43.3 Å². The first-order valence-electron chi connectivity index (χ1n) is 10.4. The number of rotatable bonds is 6. The summed E-state index contributed by atoms with van der Waals surface area (Å²) < 4.78 is 0. The van der Waals surface area contributed by atoms with Crippen LogP contribution in [0, 0.1) is 10.1 Å². The maximum absolute atomic E-state index is 12.8. The number of anilines is 2. The van der Waals surface area contributed by atoms with Crippen molar-refractivity contribution in [1.82, 2.24) is 15.4 Å². The molecule has 0 saturated carbocycles. The molecule has 1 aliphatic heterocycles. The minimum absolute atomic E-state index is 0.0380. The zero-order chi connectivity index (χ0) is 21.8. The molecule has 160 valence electrons. The molecule has 9 heteroatoms. The van der Waals surface area contributed by atoms with Crippen LogP contribution in [0.25, 0.3) is 10.8 Å². The molecule has 2 heterocycles. The zero-order valence-corrected chi connectivity index (χ0v) is 17.2. The molecule has 0 radical (unpaired) electrons. The van der Waals surface area contributed by atoms with Crippen LogP contribution in [0.5, 0.6) is 0 Å². The molecule has 1 atom stereocenters. The number of fused-ring (bicyclic) bond motifs is 1. The molecule has 0 spiro atoms. The van der Waals surface area contributed by atoms with Gasteiger partial charge in [-0.3, -0.25) is 25.8 Å². The summed E-state index contributed by atoms with van der Waals surface area (Å²) in [5.41, 5.74) is 5.43. The summed E-state index contributed by atoms with van der Waals surface area (Å²) in [7, 11) is 0. The van der Waals surface area contributed by atoms with E-state index in [0.29, 0.717) is 12.1 Å². The van der Waals surface area contributed by atoms with Crippen LogP contribution in [0.15, 0.2) is 48.8 Å². The van der Waals surface area contributed by atoms with Gasteiger partial charge < -0.3 is 4.90 Å². The molecule has 31 heavy (non-hydrogen) atoms. The first-order valence-corrected chi connectivity index (χ1v) is 10.4. The van der Waals surface area contributed by atoms with Gasteiger partial charge >= 0.3 is 5.69 Å². The molecule has 0 bridgehead atoms. The Balaban J connectivity index is 1.61. The van der Waals surface area contributed by atoms with Gasteiger partial charge in [-0.2, -0.15) is 0 Å². The Kier molecular flexibility index (Phi) is 5.92. The van der Waals surface area contributed by atoms with Gasteiger partial charge in [0.2, 0.25) is 11.6 Å². The molecule has 3 aromatic rings. The third-order valence-electron chi connectivity index (χ3n) is 5.68. The number of carbonyl (C=O) groups is 1. The van der Waals surface area contributed by atoms with Gasteiger partial charge in [0, 0.05) is 18.2 Å². The number of hydrogen-bond donors (Lipinski definition) is 2. The number of nitro groups is 1. The van der Waals surface area contributed by atoms with Crippen LogP contribution >= 0.6 is 0 Å². The second-order valence-electron chi connectivity index (χ2n) is 7.51. The quantitative estimate of drug-likeness (QED) is 0.456. The predicted molar refractivity (Wildman–Crippen MR) is 119 cm³/mol. The van der Waals surface area contributed by atoms with Gasteiger partial charge in [-0.15, -0.1) is 0 Å². The maximum atomic E-state index is 12.8. The second-order valence-corrected chi connectivity index (χ2v) is 7.51. The number of piperidine rings is 1. The highest BCUT2D eigenvalue weighted by molar-refractivity contribution is 6.07. The molecule has 2 N–H and O–H groups in total. The number of hydrazine groups is 1. The van der Waals surface area contributed by atoms with Crippen molar-refractivity contribution in [3.63, 3.8) is 0 Å². The van der Waals surface area contributed by atoms with E-state index in [4.69, 9.17) is 0 Å². The van der Waals surface area contributed by atoms with Crippen LogP contribution in [0.3, 0.4) is 0 Å². The minimum Gasteiger partial charge on any atom is -0.348 e. The number of hydrogen-bond acceptors (Lipinski definition) is 7. The van der Waals surface area contributed by atoms with Gasteiger partial charge in [0.15, 0.2) is 0 Å². The topological polar surface area (TPSA) is 113 Å². The molecule has 1 unspecified atom stereocenters. The van der Waals surface area contributed by atoms with E-state index in [-0.39, 0.29) is 23.4 Å². The van der Waals surface area contributed by atoms with Crippen LogP contribution < -0.4 is 15.8 Å². The zero-order valence-electron chi connectivity index (χ0n) is 17.2. The number of aromatic nitrogens is 2. The Bertz CT molecular complexity index is 1110. The first-order chi connectivity index (χ1) is 15.1. The van der Waals surface area contributed by atoms with E-state index in [2.05, 4.69) is 27.7 Å². The molecule has 4 rings (SSSR count). The standard InChI is InChI=1S/C22H24N6O3/c1-2-16-10-5-6-13-27(16)21-19(28(30)31)20(23-14-24-21)25-26-22(29)18-12-7-9-15-8-3-4-11-17(15)18/h3-4,7-9,11-12,14,16H,2,5-6,10,13H2,1H3,(H,26,29)(H,23,24,25). The van der Waals surface area contributed by atoms with Crippen molar-refractivity contribution in [3.8, 4) is 0 Å². The molecule has 1 amide bonds. The molecular weight excluding hydrogens is 396 g/mol. The Morgan fingerprint density at radius 1 is 1.19 bits per heavy atom. The van der Waals surface area contributed by atoms with Gasteiger partial charge in [0.1, 0.15) is 6.33 Å². The number of nitrogens with one attached hydrogen (secondary N) is 2. The van der Waals surface area contributed by atoms with E-state index in [1.54, 1.807) is 12.1 Å². The smallest absolute Gasteiger partial charge is 0.348 e. The highest BCUT2D eigenvalue weighted by Crippen LogP contribution is 2.35. The molecule has 1 aromatic heterocycles. The largest absolute Gasteiger partial charge is 0.355 e. The summed E-state index contributed by atoms with van der Waals surface area (Å²) in [6, 6.07) is 13.2. The summed E-state index contributed by atoms with van der Waals surface area (Å²) >= 11 is 0. The average molecular weight is 420 g/mol. The van der Waals surface area contributed by atoms with Crippen molar-refractivity contribution in [2.75, 3.05) is 16.9 Å². The van der Waals surface area contributed by atoms with Crippen molar-refractivity contribution in [1.29, 1.82) is 0 Å². The van der Waals surface area contributed by atoms with Gasteiger partial charge in [-0.05, 0) is 42.5 Å². The lowest BCUT2D eigenvalue weighted by atomic mass is 10.00. The van der Waals surface area contributed by atoms with Crippen molar-refractivity contribution < 1.29 is 9.72 Å². The number of carbonyl (C=O) groups excluding carboxylic acids is 1. The fourth-order valence-corrected chi connectivity index (χ4v) is 4.15. The molecule has 1 fully saturated rings. The minimum atomic E-state index is -0.497. The molecule has 0 aliphatic carbocycles. The Morgan fingerprint density at radius 3 is 2.81 bits per heavy atom. The predicted octanol–water partition coefficient (Wildman–Crippen LogP) is 4.06. The van der Waals surface area contributed by atoms with Crippen molar-refractivity contribution in [2.24, 2.45) is 0 Å². The van der Waals surface area contributed by atoms with Gasteiger partial charge in [0.05, 0.1) is 4.92 Å². The van der Waals surface area contributed by atoms with E-state index in [9.17, 15) is 14.9 Å². The second kappa shape index (κ2) is 8.95. The third kappa shape index (κ3) is 4.11. The summed E-state index contributed by atoms with van der Waals surface area (Å²) in [6.07, 6.45) is 5.19. The lowest BCUT2D eigenvalue weighted by molar-refractivity contribution is -0.383. The number of benzene rings is 2. The van der Waals surface area contributed by atoms with Crippen molar-refractivity contribution in [3.05, 3.63) is 64.5 Å². The van der Waals surface area contributed by atoms with Crippen molar-refractivity contribution in [2.45, 2.75) is 38.6 Å². The monoisotopic (exact) mass is 420 g/mol. The van der Waals surface area contributed by atoms with Crippen LogP contribution in [-0.2, 0) is 0 Å². The average Bonchev–Trinajstić information content (AvgIpc) is 2.81. The number of nitrogens with zero attached hydrogens (tertiary/aromatic N) is 4. The van der Waals surface area contributed by atoms with E-state index in [1.807, 2.05) is 35.2 Å². The highest BCUT2D eigenvalue weighted by atomic mass is 16.6. The van der Waals surface area contributed by atoms with Gasteiger partial charge in [-0.25, -0.2) is 9.97 Å². The number of amides is 1. The molecule has 1 saturated heterocycles. The van der Waals surface area contributed by atoms with E-state index in [0.717, 1.165) is 36.5 Å². The van der Waals surface area contributed by atoms with Crippen LogP contribution in [0.2, 0.25) is 0 Å². The molecule has 2 aromatic carbocycles. The van der Waals surface area contributed by atoms with E-state index >= 15 is 0 Å². The Morgan fingerprint density at radius 2 is 2.00 bits per heavy atom. The first kappa shape index (κ1) is 20.5. The lowest BCUT2D eigenvalue weighted by Gasteiger charge is -2.35. The summed E-state index contributed by atoms with van der Waals surface area (Å²) in [4.78, 5) is 34.5. The third-order valence-corrected chi connectivity index (χ3v) is 5.68. The van der Waals surface area contributed by atoms with Crippen LogP contribution in [0.4, 0.5) is 17.3 Å². The maximum Gasteiger partial charge on any atom is 0.355 e. The highest BCUT2D eigenvalue weighted by Gasteiger charge is 2.32. The molecule has 1 aliphatic rings. The normalized spacial score (nSPS) is 16.2. The van der Waals surface area contributed by atoms with Crippen LogP contribution in [-0.4, -0.2) is 33.4 Å². The molecular formula is C22H24N6O3. The summed E-state index contributed by atoms with van der Waals surface area (Å²) in [6.45, 7) is 2.78. The van der Waals surface area contributed by atoms with Crippen molar-refractivity contribution >= 4 is 34.0 Å². The summed E-state index contributed by atoms with van der Waals surface area (Å²) in [5, 5.41) is 13.6. The van der Waals surface area contributed by atoms with Gasteiger partial charge in [0.25, 0.3) is 5.91 Å². The molecule has 9 nitrogen and oxygen atoms in total. The lowest BCUT2D eigenvalue weighted by Crippen LogP contribution is -2.40. The fraction of sp³-hybridized carbons (Fsp3) is 0.318. The Hall–Kier alpha value is -3.75. The fourth-order valence-electron chi connectivity index (χ4n) is 4.15. The van der Waals surface area contributed by atoms with Crippen LogP contribution in [0.1, 0.15) is 43.0 Å². The Labute approximate surface area is 179 Å². The van der Waals surface area contributed by atoms with E-state index in [1.165, 1.54) is 6.33 Å².